The molecule has 0 spiro atoms. The molecule has 0 fully saturated rings. The van der Waals surface area contributed by atoms with Gasteiger partial charge in [0.05, 0.1) is 26.2 Å². The van der Waals surface area contributed by atoms with Crippen LogP contribution in [0.15, 0.2) is 56.4 Å². The zero-order valence-corrected chi connectivity index (χ0v) is 23.4. The second kappa shape index (κ2) is 8.65. The SMILES string of the molecule is CC1CN=C(c2cc(C3=NCC(C)N3)c3ccc4c(C5=NCC(C)N5)cc(C5=NCC(C)N5)c5ccc2c3c54)N1. The molecule has 8 nitrogen and oxygen atoms in total. The molecule has 0 aliphatic carbocycles. The predicted molar refractivity (Wildman–Crippen MR) is 166 cm³/mol. The summed E-state index contributed by atoms with van der Waals surface area (Å²) in [7, 11) is 0. The van der Waals surface area contributed by atoms with Crippen LogP contribution < -0.4 is 21.3 Å². The molecule has 4 aliphatic rings. The average molecular weight is 531 g/mol. The highest BCUT2D eigenvalue weighted by Gasteiger charge is 2.28. The van der Waals surface area contributed by atoms with E-state index >= 15 is 0 Å². The van der Waals surface area contributed by atoms with Crippen molar-refractivity contribution in [2.45, 2.75) is 51.9 Å². The van der Waals surface area contributed by atoms with Gasteiger partial charge in [0.15, 0.2) is 0 Å². The van der Waals surface area contributed by atoms with Gasteiger partial charge in [-0.25, -0.2) is 0 Å². The van der Waals surface area contributed by atoms with E-state index in [0.717, 1.165) is 71.8 Å². The van der Waals surface area contributed by atoms with Crippen LogP contribution in [-0.2, 0) is 0 Å². The molecular formula is C32H34N8. The van der Waals surface area contributed by atoms with Gasteiger partial charge in [0.25, 0.3) is 0 Å². The first kappa shape index (κ1) is 23.7. The van der Waals surface area contributed by atoms with Crippen LogP contribution in [0.4, 0.5) is 0 Å². The fourth-order valence-corrected chi connectivity index (χ4v) is 6.64. The summed E-state index contributed by atoms with van der Waals surface area (Å²) >= 11 is 0. The Morgan fingerprint density at radius 3 is 0.900 bits per heavy atom. The lowest BCUT2D eigenvalue weighted by Crippen LogP contribution is -2.30. The molecular weight excluding hydrogens is 496 g/mol. The Morgan fingerprint density at radius 1 is 0.450 bits per heavy atom. The summed E-state index contributed by atoms with van der Waals surface area (Å²) in [5, 5.41) is 21.8. The van der Waals surface area contributed by atoms with Crippen LogP contribution in [0.25, 0.3) is 32.3 Å². The zero-order chi connectivity index (χ0) is 27.1. The summed E-state index contributed by atoms with van der Waals surface area (Å²) in [5.41, 5.74) is 4.53. The summed E-state index contributed by atoms with van der Waals surface area (Å²) in [6, 6.07) is 14.9. The number of amidine groups is 4. The molecule has 202 valence electrons. The molecule has 8 heteroatoms. The Morgan fingerprint density at radius 2 is 0.700 bits per heavy atom. The van der Waals surface area contributed by atoms with Crippen LogP contribution in [0.2, 0.25) is 0 Å². The van der Waals surface area contributed by atoms with E-state index in [1.54, 1.807) is 0 Å². The van der Waals surface area contributed by atoms with E-state index in [4.69, 9.17) is 20.0 Å². The van der Waals surface area contributed by atoms with E-state index in [2.05, 4.69) is 85.4 Å². The first-order valence-corrected chi connectivity index (χ1v) is 14.5. The largest absolute Gasteiger partial charge is 0.366 e. The van der Waals surface area contributed by atoms with Crippen molar-refractivity contribution in [3.8, 4) is 0 Å². The molecule has 0 amide bonds. The fourth-order valence-electron chi connectivity index (χ4n) is 6.64. The van der Waals surface area contributed by atoms with E-state index in [1.807, 2.05) is 0 Å². The lowest BCUT2D eigenvalue weighted by molar-refractivity contribution is 0.725. The molecule has 40 heavy (non-hydrogen) atoms. The highest BCUT2D eigenvalue weighted by atomic mass is 15.1. The number of benzene rings is 4. The Balaban J connectivity index is 1.49. The number of hydrogen-bond acceptors (Lipinski definition) is 8. The Labute approximate surface area is 233 Å². The highest BCUT2D eigenvalue weighted by molar-refractivity contribution is 6.34. The van der Waals surface area contributed by atoms with E-state index < -0.39 is 0 Å². The van der Waals surface area contributed by atoms with Gasteiger partial charge in [-0.05, 0) is 72.1 Å². The van der Waals surface area contributed by atoms with Gasteiger partial charge in [0, 0.05) is 46.4 Å². The van der Waals surface area contributed by atoms with Crippen molar-refractivity contribution in [2.75, 3.05) is 26.2 Å². The lowest BCUT2D eigenvalue weighted by atomic mass is 9.85. The molecule has 0 saturated heterocycles. The second-order valence-corrected chi connectivity index (χ2v) is 12.0. The summed E-state index contributed by atoms with van der Waals surface area (Å²) < 4.78 is 0. The van der Waals surface area contributed by atoms with Crippen LogP contribution >= 0.6 is 0 Å². The number of nitrogens with zero attached hydrogens (tertiary/aromatic N) is 4. The van der Waals surface area contributed by atoms with Crippen LogP contribution in [0.5, 0.6) is 0 Å². The number of nitrogens with one attached hydrogen (secondary N) is 4. The third-order valence-corrected chi connectivity index (χ3v) is 8.54. The lowest BCUT2D eigenvalue weighted by Gasteiger charge is -2.22. The Hall–Kier alpha value is -4.20. The molecule has 0 radical (unpaired) electrons. The minimum atomic E-state index is 0.319. The number of hydrogen-bond donors (Lipinski definition) is 4. The first-order valence-electron chi connectivity index (χ1n) is 14.5. The Bertz CT molecular complexity index is 1570. The molecule has 4 unspecified atom stereocenters. The van der Waals surface area contributed by atoms with Gasteiger partial charge in [0.2, 0.25) is 0 Å². The first-order chi connectivity index (χ1) is 19.4. The quantitative estimate of drug-likeness (QED) is 0.304. The molecule has 0 saturated carbocycles. The molecule has 4 aromatic rings. The summed E-state index contributed by atoms with van der Waals surface area (Å²) in [6.07, 6.45) is 0. The van der Waals surface area contributed by atoms with Crippen molar-refractivity contribution in [1.82, 2.24) is 21.3 Å². The van der Waals surface area contributed by atoms with Gasteiger partial charge in [0.1, 0.15) is 23.3 Å². The van der Waals surface area contributed by atoms with Crippen molar-refractivity contribution in [1.29, 1.82) is 0 Å². The third kappa shape index (κ3) is 3.51. The maximum Gasteiger partial charge on any atom is 0.129 e. The monoisotopic (exact) mass is 530 g/mol. The smallest absolute Gasteiger partial charge is 0.129 e. The van der Waals surface area contributed by atoms with Crippen LogP contribution in [-0.4, -0.2) is 73.7 Å². The molecule has 4 heterocycles. The molecule has 0 aromatic heterocycles. The maximum atomic E-state index is 4.92. The molecule has 4 aliphatic heterocycles. The van der Waals surface area contributed by atoms with Crippen LogP contribution in [0.3, 0.4) is 0 Å². The third-order valence-electron chi connectivity index (χ3n) is 8.54. The topological polar surface area (TPSA) is 97.6 Å². The van der Waals surface area contributed by atoms with Crippen molar-refractivity contribution in [3.05, 3.63) is 58.7 Å². The minimum absolute atomic E-state index is 0.319. The van der Waals surface area contributed by atoms with E-state index in [1.165, 1.54) is 32.3 Å². The number of rotatable bonds is 4. The van der Waals surface area contributed by atoms with E-state index in [0.29, 0.717) is 24.2 Å². The normalized spacial score (nSPS) is 26.0. The van der Waals surface area contributed by atoms with Gasteiger partial charge in [-0.2, -0.15) is 0 Å². The minimum Gasteiger partial charge on any atom is -0.366 e. The van der Waals surface area contributed by atoms with Crippen LogP contribution in [0.1, 0.15) is 49.9 Å². The maximum absolute atomic E-state index is 4.92. The van der Waals surface area contributed by atoms with Gasteiger partial charge in [-0.1, -0.05) is 24.3 Å². The van der Waals surface area contributed by atoms with Gasteiger partial charge in [-0.15, -0.1) is 0 Å². The second-order valence-electron chi connectivity index (χ2n) is 12.0. The zero-order valence-electron chi connectivity index (χ0n) is 23.4. The van der Waals surface area contributed by atoms with Gasteiger partial charge < -0.3 is 21.3 Å². The predicted octanol–water partition coefficient (Wildman–Crippen LogP) is 3.54. The number of aliphatic imine (C=N–C) groups is 4. The molecule has 4 atom stereocenters. The van der Waals surface area contributed by atoms with Crippen molar-refractivity contribution >= 4 is 55.7 Å². The van der Waals surface area contributed by atoms with Crippen molar-refractivity contribution < 1.29 is 0 Å². The molecule has 8 rings (SSSR count). The van der Waals surface area contributed by atoms with Gasteiger partial charge >= 0.3 is 0 Å². The van der Waals surface area contributed by atoms with Crippen molar-refractivity contribution in [3.63, 3.8) is 0 Å². The Kier molecular flexibility index (Phi) is 5.12. The molecule has 4 aromatic carbocycles. The molecule has 4 N–H and O–H groups in total. The average Bonchev–Trinajstić information content (AvgIpc) is 3.76. The summed E-state index contributed by atoms with van der Waals surface area (Å²) in [4.78, 5) is 19.7. The molecule has 0 bridgehead atoms. The van der Waals surface area contributed by atoms with Crippen molar-refractivity contribution in [2.24, 2.45) is 20.0 Å². The van der Waals surface area contributed by atoms with E-state index in [9.17, 15) is 0 Å². The summed E-state index contributed by atoms with van der Waals surface area (Å²) in [5.74, 6) is 3.85. The summed E-state index contributed by atoms with van der Waals surface area (Å²) in [6.45, 7) is 11.9. The standard InChI is InChI=1S/C32H34N8/c1-15-11-33-29(37-15)23-9-24(30-34-12-16(2)38-30)20-7-8-22-26(32-36-14-18(4)40-32)10-25(31-35-13-17(3)39-31)21-6-5-19(23)27(20)28(21)22/h5-10,15-18H,11-14H2,1-4H3,(H,33,37)(H,34,38)(H,35,39)(H,36,40). The van der Waals surface area contributed by atoms with Crippen LogP contribution in [0, 0.1) is 0 Å². The van der Waals surface area contributed by atoms with E-state index in [-0.39, 0.29) is 0 Å². The fraction of sp³-hybridized carbons (Fsp3) is 0.375. The van der Waals surface area contributed by atoms with Gasteiger partial charge in [-0.3, -0.25) is 20.0 Å². The highest BCUT2D eigenvalue weighted by Crippen LogP contribution is 2.41.